The van der Waals surface area contributed by atoms with Crippen LogP contribution in [0.5, 0.6) is 0 Å². The molecule has 0 aromatic heterocycles. The number of carbonyl (C=O) groups excluding carboxylic acids is 5. The molecule has 45 heavy (non-hydrogen) atoms. The van der Waals surface area contributed by atoms with E-state index >= 15 is 0 Å². The minimum absolute atomic E-state index is 0.0102. The van der Waals surface area contributed by atoms with Crippen molar-refractivity contribution in [3.05, 3.63) is 83.9 Å². The van der Waals surface area contributed by atoms with Gasteiger partial charge in [-0.25, -0.2) is 0 Å². The zero-order valence-corrected chi connectivity index (χ0v) is 25.7. The van der Waals surface area contributed by atoms with Gasteiger partial charge in [-0.15, -0.1) is 0 Å². The molecule has 3 aromatic rings. The Balaban J connectivity index is 1.33. The molecule has 1 unspecified atom stereocenters. The van der Waals surface area contributed by atoms with Gasteiger partial charge in [0, 0.05) is 37.4 Å². The fraction of sp³-hybridized carbons (Fsp3) is 0.417. The fourth-order valence-corrected chi connectivity index (χ4v) is 6.83. The van der Waals surface area contributed by atoms with Gasteiger partial charge in [0.1, 0.15) is 18.4 Å². The predicted molar refractivity (Wildman–Crippen MR) is 172 cm³/mol. The summed E-state index contributed by atoms with van der Waals surface area (Å²) < 4.78 is 0. The number of nitrogens with one attached hydrogen (secondary N) is 3. The minimum Gasteiger partial charge on any atom is -0.356 e. The molecule has 3 aromatic carbocycles. The molecule has 4 amide bonds. The zero-order chi connectivity index (χ0) is 31.8. The molecule has 2 saturated heterocycles. The van der Waals surface area contributed by atoms with E-state index in [2.05, 4.69) is 16.0 Å². The zero-order valence-electron chi connectivity index (χ0n) is 25.7. The SMILES string of the molecule is CC1C[C@H](NC(=O)[C@H](Cc2cccc3ccccc23)NC(=O)Cc2ccccc2)C(=O)N1[C@H](CCC=O)C[C@@H]1CCCNC1=O. The molecular weight excluding hydrogens is 568 g/mol. The number of hydrogen-bond acceptors (Lipinski definition) is 5. The van der Waals surface area contributed by atoms with Crippen LogP contribution < -0.4 is 16.0 Å². The van der Waals surface area contributed by atoms with Gasteiger partial charge in [0.2, 0.25) is 23.6 Å². The van der Waals surface area contributed by atoms with E-state index in [1.807, 2.05) is 79.7 Å². The second-order valence-electron chi connectivity index (χ2n) is 12.3. The van der Waals surface area contributed by atoms with Gasteiger partial charge in [-0.2, -0.15) is 0 Å². The normalized spacial score (nSPS) is 21.2. The first-order chi connectivity index (χ1) is 21.8. The average Bonchev–Trinajstić information content (AvgIpc) is 3.32. The lowest BCUT2D eigenvalue weighted by atomic mass is 9.89. The molecule has 0 bridgehead atoms. The maximum absolute atomic E-state index is 13.9. The van der Waals surface area contributed by atoms with E-state index in [0.29, 0.717) is 25.8 Å². The van der Waals surface area contributed by atoms with E-state index in [4.69, 9.17) is 0 Å². The Bertz CT molecular complexity index is 1520. The number of rotatable bonds is 13. The summed E-state index contributed by atoms with van der Waals surface area (Å²) in [6.07, 6.45) is 4.48. The number of carbonyl (C=O) groups is 5. The van der Waals surface area contributed by atoms with Crippen molar-refractivity contribution in [2.75, 3.05) is 6.54 Å². The van der Waals surface area contributed by atoms with Crippen molar-refractivity contribution in [1.82, 2.24) is 20.9 Å². The molecule has 2 aliphatic rings. The fourth-order valence-electron chi connectivity index (χ4n) is 6.83. The number of nitrogens with zero attached hydrogens (tertiary/aromatic N) is 1. The maximum atomic E-state index is 13.9. The molecule has 5 atom stereocenters. The predicted octanol–water partition coefficient (Wildman–Crippen LogP) is 3.48. The van der Waals surface area contributed by atoms with Crippen molar-refractivity contribution >= 4 is 40.7 Å². The molecular formula is C36H42N4O5. The first-order valence-corrected chi connectivity index (χ1v) is 16.0. The Morgan fingerprint density at radius 1 is 1.02 bits per heavy atom. The van der Waals surface area contributed by atoms with Gasteiger partial charge < -0.3 is 25.6 Å². The third-order valence-electron chi connectivity index (χ3n) is 9.05. The van der Waals surface area contributed by atoms with Gasteiger partial charge in [0.15, 0.2) is 0 Å². The molecule has 2 heterocycles. The molecule has 2 fully saturated rings. The first-order valence-electron chi connectivity index (χ1n) is 16.0. The van der Waals surface area contributed by atoms with Gasteiger partial charge in [0.05, 0.1) is 6.42 Å². The van der Waals surface area contributed by atoms with Gasteiger partial charge in [0.25, 0.3) is 0 Å². The summed E-state index contributed by atoms with van der Waals surface area (Å²) in [7, 11) is 0. The molecule has 0 saturated carbocycles. The second-order valence-corrected chi connectivity index (χ2v) is 12.3. The molecule has 0 radical (unpaired) electrons. The van der Waals surface area contributed by atoms with Crippen LogP contribution in [0, 0.1) is 5.92 Å². The molecule has 5 rings (SSSR count). The summed E-state index contributed by atoms with van der Waals surface area (Å²) >= 11 is 0. The third kappa shape index (κ3) is 7.95. The van der Waals surface area contributed by atoms with Crippen molar-refractivity contribution in [3.63, 3.8) is 0 Å². The van der Waals surface area contributed by atoms with E-state index in [1.54, 1.807) is 4.90 Å². The highest BCUT2D eigenvalue weighted by molar-refractivity contribution is 5.94. The summed E-state index contributed by atoms with van der Waals surface area (Å²) in [6, 6.07) is 21.0. The summed E-state index contributed by atoms with van der Waals surface area (Å²) in [5.41, 5.74) is 1.75. The van der Waals surface area contributed by atoms with Crippen LogP contribution in [0.3, 0.4) is 0 Å². The monoisotopic (exact) mass is 610 g/mol. The van der Waals surface area contributed by atoms with Gasteiger partial charge in [-0.1, -0.05) is 72.8 Å². The molecule has 3 N–H and O–H groups in total. The summed E-state index contributed by atoms with van der Waals surface area (Å²) in [6.45, 7) is 2.59. The van der Waals surface area contributed by atoms with E-state index in [0.717, 1.165) is 41.0 Å². The average molecular weight is 611 g/mol. The molecule has 0 aliphatic carbocycles. The van der Waals surface area contributed by atoms with Gasteiger partial charge in [-0.3, -0.25) is 19.2 Å². The first kappa shape index (κ1) is 31.9. The van der Waals surface area contributed by atoms with Crippen molar-refractivity contribution in [1.29, 1.82) is 0 Å². The smallest absolute Gasteiger partial charge is 0.245 e. The largest absolute Gasteiger partial charge is 0.356 e. The number of piperidine rings is 1. The summed E-state index contributed by atoms with van der Waals surface area (Å²) in [4.78, 5) is 66.5. The van der Waals surface area contributed by atoms with Crippen LogP contribution in [0.4, 0.5) is 0 Å². The Morgan fingerprint density at radius 2 is 1.78 bits per heavy atom. The molecule has 9 heteroatoms. The van der Waals surface area contributed by atoms with Crippen LogP contribution in [0.15, 0.2) is 72.8 Å². The number of benzene rings is 3. The lowest BCUT2D eigenvalue weighted by Crippen LogP contribution is -2.53. The molecule has 236 valence electrons. The quantitative estimate of drug-likeness (QED) is 0.256. The molecule has 0 spiro atoms. The number of hydrogen-bond donors (Lipinski definition) is 3. The Kier molecular flexibility index (Phi) is 10.6. The van der Waals surface area contributed by atoms with Crippen LogP contribution in [0.25, 0.3) is 10.8 Å². The van der Waals surface area contributed by atoms with Crippen molar-refractivity contribution in [2.45, 2.75) is 82.5 Å². The van der Waals surface area contributed by atoms with Crippen LogP contribution in [-0.4, -0.2) is 65.5 Å². The number of fused-ring (bicyclic) bond motifs is 1. The summed E-state index contributed by atoms with van der Waals surface area (Å²) in [5, 5.41) is 10.8. The number of likely N-dealkylation sites (tertiary alicyclic amines) is 1. The Hall–Kier alpha value is -4.53. The minimum atomic E-state index is -0.902. The maximum Gasteiger partial charge on any atom is 0.245 e. The molecule has 9 nitrogen and oxygen atoms in total. The summed E-state index contributed by atoms with van der Waals surface area (Å²) in [5.74, 6) is -1.15. The Labute approximate surface area is 264 Å². The highest BCUT2D eigenvalue weighted by Crippen LogP contribution is 2.30. The van der Waals surface area contributed by atoms with Crippen LogP contribution in [0.2, 0.25) is 0 Å². The van der Waals surface area contributed by atoms with Crippen molar-refractivity contribution < 1.29 is 24.0 Å². The lowest BCUT2D eigenvalue weighted by molar-refractivity contribution is -0.137. The van der Waals surface area contributed by atoms with E-state index in [1.165, 1.54) is 0 Å². The van der Waals surface area contributed by atoms with Crippen molar-refractivity contribution in [3.8, 4) is 0 Å². The lowest BCUT2D eigenvalue weighted by Gasteiger charge is -2.35. The van der Waals surface area contributed by atoms with E-state index in [9.17, 15) is 24.0 Å². The molecule has 2 aliphatic heterocycles. The van der Waals surface area contributed by atoms with Crippen LogP contribution >= 0.6 is 0 Å². The highest BCUT2D eigenvalue weighted by atomic mass is 16.2. The van der Waals surface area contributed by atoms with Crippen LogP contribution in [0.1, 0.15) is 56.6 Å². The topological polar surface area (TPSA) is 125 Å². The van der Waals surface area contributed by atoms with E-state index < -0.39 is 18.0 Å². The second kappa shape index (κ2) is 15.0. The van der Waals surface area contributed by atoms with E-state index in [-0.39, 0.29) is 55.0 Å². The third-order valence-corrected chi connectivity index (χ3v) is 9.05. The standard InChI is InChI=1S/C36H42N4O5/c1-24-20-32(36(45)40(24)29(16-9-19-41)22-28-15-8-18-37-34(28)43)39-35(44)31(38-33(42)21-25-10-3-2-4-11-25)23-27-14-7-13-26-12-5-6-17-30(26)27/h2-7,10-14,17,19,24,28-29,31-32H,8-9,15-16,18,20-23H2,1H3,(H,37,43)(H,38,42)(H,39,44)/t24?,28-,29+,31-,32-/m0/s1. The highest BCUT2D eigenvalue weighted by Gasteiger charge is 2.43. The van der Waals surface area contributed by atoms with Gasteiger partial charge >= 0.3 is 0 Å². The van der Waals surface area contributed by atoms with Crippen molar-refractivity contribution in [2.24, 2.45) is 5.92 Å². The number of aldehydes is 1. The van der Waals surface area contributed by atoms with Crippen LogP contribution in [-0.2, 0) is 36.8 Å². The Morgan fingerprint density at radius 3 is 2.56 bits per heavy atom. The number of amides is 4. The van der Waals surface area contributed by atoms with Gasteiger partial charge in [-0.05, 0) is 60.9 Å².